The smallest absolute Gasteiger partial charge is 0.0540 e. The normalized spacial score (nSPS) is 26.1. The second-order valence-corrected chi connectivity index (χ2v) is 5.91. The Balaban J connectivity index is 2.21. The van der Waals surface area contributed by atoms with Crippen LogP contribution in [0.1, 0.15) is 54.0 Å². The van der Waals surface area contributed by atoms with Gasteiger partial charge in [-0.05, 0) is 69.1 Å². The molecule has 2 rings (SSSR count). The average Bonchev–Trinajstić information content (AvgIpc) is 2.28. The molecule has 1 atom stereocenters. The molecule has 1 aromatic rings. The first kappa shape index (κ1) is 13.6. The fourth-order valence-electron chi connectivity index (χ4n) is 3.41. The number of aryl methyl sites for hydroxylation is 3. The molecule has 1 fully saturated rings. The van der Waals surface area contributed by atoms with E-state index in [1.165, 1.54) is 22.3 Å². The first-order valence-corrected chi connectivity index (χ1v) is 7.00. The van der Waals surface area contributed by atoms with Crippen LogP contribution >= 0.6 is 0 Å². The van der Waals surface area contributed by atoms with Gasteiger partial charge in [-0.15, -0.1) is 0 Å². The minimum atomic E-state index is -0.103. The van der Waals surface area contributed by atoms with Gasteiger partial charge in [0.2, 0.25) is 0 Å². The third kappa shape index (κ3) is 2.76. The molecule has 0 aromatic heterocycles. The van der Waals surface area contributed by atoms with Gasteiger partial charge in [-0.1, -0.05) is 17.7 Å². The van der Waals surface area contributed by atoms with E-state index in [1.54, 1.807) is 0 Å². The number of aliphatic hydroxyl groups excluding tert-OH is 1. The highest BCUT2D eigenvalue weighted by molar-refractivity contribution is 5.39. The molecule has 18 heavy (non-hydrogen) atoms. The van der Waals surface area contributed by atoms with Crippen molar-refractivity contribution in [1.82, 2.24) is 0 Å². The molecular weight excluding hydrogens is 222 g/mol. The van der Waals surface area contributed by atoms with Crippen molar-refractivity contribution in [2.45, 2.75) is 58.6 Å². The van der Waals surface area contributed by atoms with Gasteiger partial charge >= 0.3 is 0 Å². The summed E-state index contributed by atoms with van der Waals surface area (Å²) in [6.07, 6.45) is 3.81. The molecule has 0 spiro atoms. The van der Waals surface area contributed by atoms with Gasteiger partial charge in [-0.25, -0.2) is 0 Å². The second-order valence-electron chi connectivity index (χ2n) is 5.91. The molecule has 1 aliphatic rings. The zero-order valence-corrected chi connectivity index (χ0v) is 11.7. The minimum Gasteiger partial charge on any atom is -0.393 e. The zero-order valence-electron chi connectivity index (χ0n) is 11.7. The fraction of sp³-hybridized carbons (Fsp3) is 0.625. The van der Waals surface area contributed by atoms with Crippen molar-refractivity contribution < 1.29 is 5.11 Å². The van der Waals surface area contributed by atoms with Gasteiger partial charge in [0.1, 0.15) is 0 Å². The maximum atomic E-state index is 9.58. The highest BCUT2D eigenvalue weighted by atomic mass is 16.3. The maximum absolute atomic E-state index is 9.58. The Hall–Kier alpha value is -0.860. The number of nitrogens with two attached hydrogens (primary N) is 1. The molecule has 1 saturated carbocycles. The first-order valence-electron chi connectivity index (χ1n) is 7.00. The van der Waals surface area contributed by atoms with Crippen LogP contribution < -0.4 is 5.73 Å². The van der Waals surface area contributed by atoms with Gasteiger partial charge in [0, 0.05) is 6.04 Å². The maximum Gasteiger partial charge on any atom is 0.0540 e. The van der Waals surface area contributed by atoms with E-state index < -0.39 is 0 Å². The van der Waals surface area contributed by atoms with Gasteiger partial charge in [-0.3, -0.25) is 0 Å². The van der Waals surface area contributed by atoms with Crippen LogP contribution in [0.2, 0.25) is 0 Å². The minimum absolute atomic E-state index is 0.103. The van der Waals surface area contributed by atoms with Crippen LogP contribution in [0.5, 0.6) is 0 Å². The van der Waals surface area contributed by atoms with Crippen molar-refractivity contribution in [2.24, 2.45) is 11.7 Å². The summed E-state index contributed by atoms with van der Waals surface area (Å²) >= 11 is 0. The van der Waals surface area contributed by atoms with E-state index in [2.05, 4.69) is 32.9 Å². The first-order chi connectivity index (χ1) is 8.49. The number of hydrogen-bond donors (Lipinski definition) is 2. The lowest BCUT2D eigenvalue weighted by Crippen LogP contribution is -2.28. The lowest BCUT2D eigenvalue weighted by atomic mass is 9.78. The van der Waals surface area contributed by atoms with Crippen molar-refractivity contribution >= 4 is 0 Å². The molecule has 2 heteroatoms. The SMILES string of the molecule is Cc1cc(C)c(C(N)C2CCC(O)CC2)c(C)c1. The molecule has 3 N–H and O–H groups in total. The van der Waals surface area contributed by atoms with Crippen molar-refractivity contribution in [3.8, 4) is 0 Å². The molecule has 1 unspecified atom stereocenters. The number of hydrogen-bond acceptors (Lipinski definition) is 2. The molecule has 0 bridgehead atoms. The summed E-state index contributed by atoms with van der Waals surface area (Å²) in [6, 6.07) is 4.57. The molecule has 0 radical (unpaired) electrons. The summed E-state index contributed by atoms with van der Waals surface area (Å²) in [7, 11) is 0. The standard InChI is InChI=1S/C16H25NO/c1-10-8-11(2)15(12(3)9-10)16(17)13-4-6-14(18)7-5-13/h8-9,13-14,16,18H,4-7,17H2,1-3H3. The Morgan fingerprint density at radius 1 is 1.06 bits per heavy atom. The Kier molecular flexibility index (Phi) is 4.08. The average molecular weight is 247 g/mol. The van der Waals surface area contributed by atoms with Crippen LogP contribution in [-0.4, -0.2) is 11.2 Å². The van der Waals surface area contributed by atoms with Crippen LogP contribution in [0, 0.1) is 26.7 Å². The fourth-order valence-corrected chi connectivity index (χ4v) is 3.41. The van der Waals surface area contributed by atoms with E-state index in [0.29, 0.717) is 5.92 Å². The molecular formula is C16H25NO. The third-order valence-corrected chi connectivity index (χ3v) is 4.32. The lowest BCUT2D eigenvalue weighted by Gasteiger charge is -2.32. The van der Waals surface area contributed by atoms with Gasteiger partial charge in [0.05, 0.1) is 6.10 Å². The third-order valence-electron chi connectivity index (χ3n) is 4.32. The number of aliphatic hydroxyl groups is 1. The van der Waals surface area contributed by atoms with Crippen LogP contribution in [0.4, 0.5) is 0 Å². The van der Waals surface area contributed by atoms with Crippen molar-refractivity contribution in [1.29, 1.82) is 0 Å². The largest absolute Gasteiger partial charge is 0.393 e. The molecule has 1 aliphatic carbocycles. The Morgan fingerprint density at radius 2 is 1.56 bits per heavy atom. The molecule has 0 aliphatic heterocycles. The van der Waals surface area contributed by atoms with Gasteiger partial charge in [0.25, 0.3) is 0 Å². The quantitative estimate of drug-likeness (QED) is 0.843. The summed E-state index contributed by atoms with van der Waals surface area (Å²) in [4.78, 5) is 0. The Bertz CT molecular complexity index is 396. The Morgan fingerprint density at radius 3 is 2.06 bits per heavy atom. The van der Waals surface area contributed by atoms with Crippen LogP contribution in [0.15, 0.2) is 12.1 Å². The van der Waals surface area contributed by atoms with Gasteiger partial charge in [-0.2, -0.15) is 0 Å². The van der Waals surface area contributed by atoms with Crippen LogP contribution in [0.3, 0.4) is 0 Å². The van der Waals surface area contributed by atoms with Gasteiger partial charge in [0.15, 0.2) is 0 Å². The molecule has 1 aromatic carbocycles. The van der Waals surface area contributed by atoms with E-state index in [-0.39, 0.29) is 12.1 Å². The summed E-state index contributed by atoms with van der Waals surface area (Å²) in [5.74, 6) is 0.522. The summed E-state index contributed by atoms with van der Waals surface area (Å²) < 4.78 is 0. The van der Waals surface area contributed by atoms with E-state index in [9.17, 15) is 5.11 Å². The molecule has 100 valence electrons. The molecule has 0 amide bonds. The molecule has 2 nitrogen and oxygen atoms in total. The van der Waals surface area contributed by atoms with Crippen LogP contribution in [-0.2, 0) is 0 Å². The summed E-state index contributed by atoms with van der Waals surface area (Å²) in [6.45, 7) is 6.45. The van der Waals surface area contributed by atoms with Crippen molar-refractivity contribution in [2.75, 3.05) is 0 Å². The molecule has 0 heterocycles. The van der Waals surface area contributed by atoms with Gasteiger partial charge < -0.3 is 10.8 Å². The highest BCUT2D eigenvalue weighted by Gasteiger charge is 2.27. The highest BCUT2D eigenvalue weighted by Crippen LogP contribution is 2.35. The zero-order chi connectivity index (χ0) is 13.3. The lowest BCUT2D eigenvalue weighted by molar-refractivity contribution is 0.102. The second kappa shape index (κ2) is 5.41. The van der Waals surface area contributed by atoms with E-state index in [1.807, 2.05) is 0 Å². The Labute approximate surface area is 110 Å². The monoisotopic (exact) mass is 247 g/mol. The summed E-state index contributed by atoms with van der Waals surface area (Å²) in [5, 5.41) is 9.58. The predicted molar refractivity (Wildman–Crippen MR) is 75.5 cm³/mol. The topological polar surface area (TPSA) is 46.2 Å². The van der Waals surface area contributed by atoms with Crippen LogP contribution in [0.25, 0.3) is 0 Å². The molecule has 0 saturated heterocycles. The number of rotatable bonds is 2. The summed E-state index contributed by atoms with van der Waals surface area (Å²) in [5.41, 5.74) is 11.7. The number of benzene rings is 1. The van der Waals surface area contributed by atoms with Crippen molar-refractivity contribution in [3.05, 3.63) is 34.4 Å². The van der Waals surface area contributed by atoms with E-state index in [0.717, 1.165) is 25.7 Å². The van der Waals surface area contributed by atoms with E-state index >= 15 is 0 Å². The van der Waals surface area contributed by atoms with Crippen molar-refractivity contribution in [3.63, 3.8) is 0 Å². The van der Waals surface area contributed by atoms with E-state index in [4.69, 9.17) is 5.73 Å². The predicted octanol–water partition coefficient (Wildman–Crippen LogP) is 3.16.